The molecule has 0 radical (unpaired) electrons. The van der Waals surface area contributed by atoms with Crippen molar-refractivity contribution in [2.75, 3.05) is 36.5 Å². The van der Waals surface area contributed by atoms with E-state index in [1.807, 2.05) is 4.57 Å². The van der Waals surface area contributed by atoms with Gasteiger partial charge in [-0.3, -0.25) is 5.32 Å². The Morgan fingerprint density at radius 2 is 1.95 bits per heavy atom. The van der Waals surface area contributed by atoms with Crippen molar-refractivity contribution in [2.24, 2.45) is 17.8 Å². The molecule has 2 aromatic heterocycles. The number of anilines is 2. The Morgan fingerprint density at radius 1 is 1.15 bits per heavy atom. The molecule has 0 bridgehead atoms. The fourth-order valence-corrected chi connectivity index (χ4v) is 6.11. The topological polar surface area (TPSA) is 118 Å². The molecule has 2 aromatic rings. The van der Waals surface area contributed by atoms with Crippen LogP contribution < -0.4 is 21.0 Å². The molecule has 2 saturated carbocycles. The van der Waals surface area contributed by atoms with Crippen LogP contribution >= 0.6 is 0 Å². The number of nitrogens with zero attached hydrogens (tertiary/aromatic N) is 5. The standard InChI is InChI=1S/C26H38F2N8O3/c1-15-6-8-17(9-7-15)12-36-19-20(29-16(2)18-4-3-5-18)30-22(23-33-25(37)39-34-23)31-21(19)32-24(36)35-10-11-38-14-26(27,28)13-35/h15-18,23,34H,3-14H2,1-2H3,(H,33,37)(H,29,30,31)/t15?,16-,17?,23?/m1/s1. The Balaban J connectivity index is 1.45. The van der Waals surface area contributed by atoms with Gasteiger partial charge >= 0.3 is 6.09 Å². The summed E-state index contributed by atoms with van der Waals surface area (Å²) in [4.78, 5) is 32.6. The monoisotopic (exact) mass is 548 g/mol. The zero-order valence-electron chi connectivity index (χ0n) is 22.6. The molecule has 1 amide bonds. The second kappa shape index (κ2) is 10.6. The summed E-state index contributed by atoms with van der Waals surface area (Å²) in [5.74, 6) is -0.0120. The van der Waals surface area contributed by atoms with Crippen molar-refractivity contribution >= 4 is 29.0 Å². The van der Waals surface area contributed by atoms with Gasteiger partial charge in [-0.15, -0.1) is 5.48 Å². The number of hydrogen-bond acceptors (Lipinski definition) is 9. The summed E-state index contributed by atoms with van der Waals surface area (Å²) < 4.78 is 36.6. The molecule has 13 heteroatoms. The SMILES string of the molecule is CC1CCC(Cn2c(N3CCOCC(F)(F)C3)nc3nc(C4NOC(=O)N4)nc(N[C@H](C)C4CCC4)c32)CC1. The molecule has 2 saturated heterocycles. The summed E-state index contributed by atoms with van der Waals surface area (Å²) in [7, 11) is 0. The molecule has 39 heavy (non-hydrogen) atoms. The van der Waals surface area contributed by atoms with Crippen LogP contribution in [0.3, 0.4) is 0 Å². The van der Waals surface area contributed by atoms with Crippen molar-refractivity contribution in [3.63, 3.8) is 0 Å². The average molecular weight is 549 g/mol. The highest BCUT2D eigenvalue weighted by Crippen LogP contribution is 2.37. The lowest BCUT2D eigenvalue weighted by Crippen LogP contribution is -2.39. The lowest BCUT2D eigenvalue weighted by molar-refractivity contribution is -0.0564. The number of alkyl halides is 2. The largest absolute Gasteiger partial charge is 0.427 e. The maximum absolute atomic E-state index is 14.7. The van der Waals surface area contributed by atoms with Crippen LogP contribution in [0.4, 0.5) is 25.3 Å². The molecule has 1 unspecified atom stereocenters. The van der Waals surface area contributed by atoms with Gasteiger partial charge in [-0.05, 0) is 50.4 Å². The van der Waals surface area contributed by atoms with Crippen molar-refractivity contribution in [2.45, 2.75) is 83.5 Å². The van der Waals surface area contributed by atoms with Gasteiger partial charge in [-0.25, -0.2) is 23.5 Å². The lowest BCUT2D eigenvalue weighted by Gasteiger charge is -2.33. The number of halogens is 2. The van der Waals surface area contributed by atoms with Gasteiger partial charge in [0.2, 0.25) is 5.95 Å². The summed E-state index contributed by atoms with van der Waals surface area (Å²) in [5.41, 5.74) is 3.72. The van der Waals surface area contributed by atoms with E-state index in [1.165, 1.54) is 6.42 Å². The van der Waals surface area contributed by atoms with Crippen LogP contribution in [-0.2, 0) is 16.1 Å². The van der Waals surface area contributed by atoms with E-state index >= 15 is 0 Å². The fraction of sp³-hybridized carbons (Fsp3) is 0.769. The van der Waals surface area contributed by atoms with Gasteiger partial charge in [0.25, 0.3) is 5.92 Å². The quantitative estimate of drug-likeness (QED) is 0.472. The highest BCUT2D eigenvalue weighted by atomic mass is 19.3. The number of fused-ring (bicyclic) bond motifs is 1. The molecule has 2 aliphatic carbocycles. The van der Waals surface area contributed by atoms with Crippen LogP contribution in [0.15, 0.2) is 0 Å². The molecular formula is C26H38F2N8O3. The van der Waals surface area contributed by atoms with Gasteiger partial charge in [-0.2, -0.15) is 4.98 Å². The molecule has 4 heterocycles. The maximum atomic E-state index is 14.7. The van der Waals surface area contributed by atoms with Crippen molar-refractivity contribution in [3.8, 4) is 0 Å². The fourth-order valence-electron chi connectivity index (χ4n) is 6.11. The minimum Gasteiger partial charge on any atom is -0.373 e. The van der Waals surface area contributed by atoms with E-state index < -0.39 is 31.3 Å². The van der Waals surface area contributed by atoms with Gasteiger partial charge in [0.15, 0.2) is 23.5 Å². The normalized spacial score (nSPS) is 28.5. The second-order valence-corrected chi connectivity index (χ2v) is 11.8. The summed E-state index contributed by atoms with van der Waals surface area (Å²) in [5, 5.41) is 6.26. The summed E-state index contributed by atoms with van der Waals surface area (Å²) in [6.07, 6.45) is 6.61. The first-order chi connectivity index (χ1) is 18.8. The number of carbonyl (C=O) groups is 1. The predicted molar refractivity (Wildman–Crippen MR) is 140 cm³/mol. The summed E-state index contributed by atoms with van der Waals surface area (Å²) in [6, 6.07) is 0.158. The van der Waals surface area contributed by atoms with Crippen LogP contribution in [0.2, 0.25) is 0 Å². The number of amides is 1. The zero-order chi connectivity index (χ0) is 27.1. The molecule has 2 atom stereocenters. The van der Waals surface area contributed by atoms with Crippen LogP contribution in [0.25, 0.3) is 11.2 Å². The van der Waals surface area contributed by atoms with Crippen molar-refractivity contribution in [1.82, 2.24) is 30.3 Å². The van der Waals surface area contributed by atoms with Gasteiger partial charge in [0.1, 0.15) is 12.1 Å². The van der Waals surface area contributed by atoms with Gasteiger partial charge in [-0.1, -0.05) is 26.2 Å². The highest BCUT2D eigenvalue weighted by molar-refractivity contribution is 5.86. The maximum Gasteiger partial charge on any atom is 0.427 e. The van der Waals surface area contributed by atoms with Crippen LogP contribution in [0, 0.1) is 17.8 Å². The number of rotatable bonds is 7. The number of imidazole rings is 1. The number of carbonyl (C=O) groups excluding carboxylic acids is 1. The Morgan fingerprint density at radius 3 is 2.64 bits per heavy atom. The Bertz CT molecular complexity index is 1200. The first-order valence-corrected chi connectivity index (χ1v) is 14.2. The van der Waals surface area contributed by atoms with Crippen molar-refractivity contribution in [3.05, 3.63) is 5.82 Å². The molecule has 214 valence electrons. The minimum absolute atomic E-state index is 0.158. The van der Waals surface area contributed by atoms with Crippen LogP contribution in [0.1, 0.15) is 70.8 Å². The Hall–Kier alpha value is -2.80. The molecule has 4 fully saturated rings. The minimum atomic E-state index is -2.99. The molecular weight excluding hydrogens is 510 g/mol. The third-order valence-corrected chi connectivity index (χ3v) is 8.71. The summed E-state index contributed by atoms with van der Waals surface area (Å²) in [6.45, 7) is 4.49. The number of ether oxygens (including phenoxy) is 1. The second-order valence-electron chi connectivity index (χ2n) is 11.8. The molecule has 6 rings (SSSR count). The van der Waals surface area contributed by atoms with E-state index in [-0.39, 0.29) is 12.6 Å². The molecule has 2 aliphatic heterocycles. The molecule has 11 nitrogen and oxygen atoms in total. The van der Waals surface area contributed by atoms with Gasteiger partial charge in [0.05, 0.1) is 13.2 Å². The third kappa shape index (κ3) is 5.60. The smallest absolute Gasteiger partial charge is 0.373 e. The van der Waals surface area contributed by atoms with E-state index in [0.29, 0.717) is 59.6 Å². The van der Waals surface area contributed by atoms with E-state index in [9.17, 15) is 13.6 Å². The number of nitrogens with one attached hydrogen (secondary N) is 3. The Labute approximate surface area is 226 Å². The van der Waals surface area contributed by atoms with E-state index in [2.05, 4.69) is 30.0 Å². The number of aromatic nitrogens is 4. The average Bonchev–Trinajstić information content (AvgIpc) is 3.39. The van der Waals surface area contributed by atoms with E-state index in [0.717, 1.165) is 38.5 Å². The molecule has 0 spiro atoms. The van der Waals surface area contributed by atoms with Gasteiger partial charge in [0, 0.05) is 19.1 Å². The number of hydrogen-bond donors (Lipinski definition) is 3. The molecule has 3 N–H and O–H groups in total. The molecule has 4 aliphatic rings. The highest BCUT2D eigenvalue weighted by Gasteiger charge is 2.38. The van der Waals surface area contributed by atoms with Gasteiger partial charge < -0.3 is 24.4 Å². The lowest BCUT2D eigenvalue weighted by atomic mass is 9.80. The Kier molecular flexibility index (Phi) is 7.21. The summed E-state index contributed by atoms with van der Waals surface area (Å²) >= 11 is 0. The van der Waals surface area contributed by atoms with Crippen molar-refractivity contribution < 1.29 is 23.1 Å². The first-order valence-electron chi connectivity index (χ1n) is 14.2. The van der Waals surface area contributed by atoms with Crippen LogP contribution in [0.5, 0.6) is 0 Å². The number of hydroxylamine groups is 1. The first kappa shape index (κ1) is 26.4. The van der Waals surface area contributed by atoms with E-state index in [1.54, 1.807) is 4.90 Å². The zero-order valence-corrected chi connectivity index (χ0v) is 22.6. The molecule has 0 aromatic carbocycles. The van der Waals surface area contributed by atoms with Crippen LogP contribution in [-0.4, -0.2) is 63.9 Å². The van der Waals surface area contributed by atoms with E-state index in [4.69, 9.17) is 24.5 Å². The van der Waals surface area contributed by atoms with Crippen molar-refractivity contribution in [1.29, 1.82) is 0 Å². The predicted octanol–water partition coefficient (Wildman–Crippen LogP) is 3.97. The third-order valence-electron chi connectivity index (χ3n) is 8.71.